The van der Waals surface area contributed by atoms with E-state index < -0.39 is 0 Å². The lowest BCUT2D eigenvalue weighted by Gasteiger charge is -2.09. The summed E-state index contributed by atoms with van der Waals surface area (Å²) in [5.41, 5.74) is 5.76. The summed E-state index contributed by atoms with van der Waals surface area (Å²) in [6.07, 6.45) is 1.08. The van der Waals surface area contributed by atoms with Gasteiger partial charge in [0, 0.05) is 12.1 Å². The van der Waals surface area contributed by atoms with E-state index in [0.29, 0.717) is 0 Å². The molecule has 0 spiro atoms. The summed E-state index contributed by atoms with van der Waals surface area (Å²) < 4.78 is 7.55. The Bertz CT molecular complexity index is 1010. The maximum atomic E-state index is 5.24. The van der Waals surface area contributed by atoms with Gasteiger partial charge in [-0.25, -0.2) is 4.98 Å². The van der Waals surface area contributed by atoms with E-state index in [1.54, 1.807) is 7.11 Å². The van der Waals surface area contributed by atoms with Gasteiger partial charge < -0.3 is 9.30 Å². The Labute approximate surface area is 153 Å². The third-order valence-corrected chi connectivity index (χ3v) is 4.67. The molecule has 3 aromatic carbocycles. The Morgan fingerprint density at radius 1 is 0.808 bits per heavy atom. The number of hydrogen-bond donors (Lipinski definition) is 0. The van der Waals surface area contributed by atoms with Crippen molar-refractivity contribution in [3.63, 3.8) is 0 Å². The molecule has 0 unspecified atom stereocenters. The minimum absolute atomic E-state index is 0.874. The number of aromatic nitrogens is 2. The number of methoxy groups -OCH3 is 1. The van der Waals surface area contributed by atoms with Crippen molar-refractivity contribution >= 4 is 11.0 Å². The lowest BCUT2D eigenvalue weighted by atomic mass is 10.0. The number of ether oxygens (including phenoxy) is 1. The van der Waals surface area contributed by atoms with Crippen molar-refractivity contribution in [3.05, 3.63) is 72.8 Å². The average molecular weight is 342 g/mol. The molecule has 0 aliphatic carbocycles. The molecule has 0 amide bonds. The van der Waals surface area contributed by atoms with Crippen LogP contribution in [0.15, 0.2) is 72.8 Å². The maximum absolute atomic E-state index is 5.24. The Hall–Kier alpha value is -3.07. The largest absolute Gasteiger partial charge is 0.497 e. The molecule has 0 aliphatic heterocycles. The van der Waals surface area contributed by atoms with Crippen LogP contribution in [0.1, 0.15) is 13.3 Å². The summed E-state index contributed by atoms with van der Waals surface area (Å²) in [5, 5.41) is 0. The topological polar surface area (TPSA) is 27.1 Å². The van der Waals surface area contributed by atoms with Crippen molar-refractivity contribution in [1.82, 2.24) is 9.55 Å². The summed E-state index contributed by atoms with van der Waals surface area (Å²) in [6.45, 7) is 3.17. The van der Waals surface area contributed by atoms with E-state index in [0.717, 1.165) is 35.6 Å². The van der Waals surface area contributed by atoms with Crippen molar-refractivity contribution in [1.29, 1.82) is 0 Å². The van der Waals surface area contributed by atoms with Gasteiger partial charge in [0.25, 0.3) is 0 Å². The number of nitrogens with zero attached hydrogens (tertiary/aromatic N) is 2. The van der Waals surface area contributed by atoms with Gasteiger partial charge in [0.05, 0.1) is 18.1 Å². The Morgan fingerprint density at radius 3 is 2.08 bits per heavy atom. The summed E-state index contributed by atoms with van der Waals surface area (Å²) in [7, 11) is 1.69. The summed E-state index contributed by atoms with van der Waals surface area (Å²) in [6, 6.07) is 25.1. The zero-order valence-electron chi connectivity index (χ0n) is 15.1. The van der Waals surface area contributed by atoms with E-state index in [2.05, 4.69) is 66.1 Å². The van der Waals surface area contributed by atoms with Gasteiger partial charge in [-0.1, -0.05) is 55.5 Å². The van der Waals surface area contributed by atoms with E-state index >= 15 is 0 Å². The van der Waals surface area contributed by atoms with Crippen LogP contribution >= 0.6 is 0 Å². The molecule has 4 rings (SSSR count). The molecular formula is C23H22N2O. The average Bonchev–Trinajstić information content (AvgIpc) is 3.07. The van der Waals surface area contributed by atoms with Crippen LogP contribution in [-0.2, 0) is 6.54 Å². The predicted molar refractivity (Wildman–Crippen MR) is 107 cm³/mol. The van der Waals surface area contributed by atoms with Crippen molar-refractivity contribution in [2.75, 3.05) is 7.11 Å². The second kappa shape index (κ2) is 7.04. The monoisotopic (exact) mass is 342 g/mol. The highest BCUT2D eigenvalue weighted by molar-refractivity contribution is 5.81. The number of aryl methyl sites for hydroxylation is 1. The van der Waals surface area contributed by atoms with Gasteiger partial charge in [-0.05, 0) is 41.8 Å². The van der Waals surface area contributed by atoms with E-state index in [9.17, 15) is 0 Å². The molecule has 0 aliphatic rings. The number of hydrogen-bond acceptors (Lipinski definition) is 2. The molecule has 3 nitrogen and oxygen atoms in total. The molecule has 0 saturated carbocycles. The fraction of sp³-hybridized carbons (Fsp3) is 0.174. The van der Waals surface area contributed by atoms with Crippen molar-refractivity contribution in [3.8, 4) is 28.3 Å². The normalized spacial score (nSPS) is 11.0. The van der Waals surface area contributed by atoms with Crippen molar-refractivity contribution in [2.45, 2.75) is 19.9 Å². The highest BCUT2D eigenvalue weighted by Gasteiger charge is 2.11. The van der Waals surface area contributed by atoms with E-state index in [1.807, 2.05) is 18.2 Å². The number of benzene rings is 3. The SMILES string of the molecule is CCCn1c(-c2ccc(-c3ccc(OC)cc3)cc2)nc2ccccc21. The van der Waals surface area contributed by atoms with Gasteiger partial charge in [0.2, 0.25) is 0 Å². The standard InChI is InChI=1S/C23H22N2O/c1-3-16-25-22-7-5-4-6-21(22)24-23(25)19-10-8-17(9-11-19)18-12-14-20(26-2)15-13-18/h4-15H,3,16H2,1-2H3. The van der Waals surface area contributed by atoms with E-state index in [-0.39, 0.29) is 0 Å². The van der Waals surface area contributed by atoms with Gasteiger partial charge >= 0.3 is 0 Å². The highest BCUT2D eigenvalue weighted by Crippen LogP contribution is 2.28. The first-order valence-electron chi connectivity index (χ1n) is 9.00. The van der Waals surface area contributed by atoms with Crippen LogP contribution in [0, 0.1) is 0 Å². The van der Waals surface area contributed by atoms with Crippen LogP contribution in [0.3, 0.4) is 0 Å². The molecule has 0 fully saturated rings. The Morgan fingerprint density at radius 2 is 1.42 bits per heavy atom. The van der Waals surface area contributed by atoms with Crippen LogP contribution in [0.5, 0.6) is 5.75 Å². The number of imidazole rings is 1. The van der Waals surface area contributed by atoms with Crippen LogP contribution in [0.25, 0.3) is 33.5 Å². The van der Waals surface area contributed by atoms with Gasteiger partial charge in [0.15, 0.2) is 0 Å². The molecule has 3 heteroatoms. The Kier molecular flexibility index (Phi) is 4.44. The van der Waals surface area contributed by atoms with Crippen LogP contribution in [-0.4, -0.2) is 16.7 Å². The molecular weight excluding hydrogens is 320 g/mol. The van der Waals surface area contributed by atoms with Gasteiger partial charge in [-0.3, -0.25) is 0 Å². The third kappa shape index (κ3) is 2.97. The molecule has 4 aromatic rings. The highest BCUT2D eigenvalue weighted by atomic mass is 16.5. The number of rotatable bonds is 5. The first-order valence-corrected chi connectivity index (χ1v) is 9.00. The van der Waals surface area contributed by atoms with Crippen LogP contribution in [0.4, 0.5) is 0 Å². The quantitative estimate of drug-likeness (QED) is 0.459. The molecule has 0 atom stereocenters. The molecule has 1 heterocycles. The third-order valence-electron chi connectivity index (χ3n) is 4.67. The van der Waals surface area contributed by atoms with Gasteiger partial charge in [-0.2, -0.15) is 0 Å². The molecule has 26 heavy (non-hydrogen) atoms. The summed E-state index contributed by atoms with van der Waals surface area (Å²) in [4.78, 5) is 4.87. The molecule has 0 radical (unpaired) electrons. The predicted octanol–water partition coefficient (Wildman–Crippen LogP) is 5.79. The smallest absolute Gasteiger partial charge is 0.141 e. The van der Waals surface area contributed by atoms with Gasteiger partial charge in [-0.15, -0.1) is 0 Å². The van der Waals surface area contributed by atoms with Crippen molar-refractivity contribution < 1.29 is 4.74 Å². The fourth-order valence-electron chi connectivity index (χ4n) is 3.34. The summed E-state index contributed by atoms with van der Waals surface area (Å²) >= 11 is 0. The first-order chi connectivity index (χ1) is 12.8. The molecule has 130 valence electrons. The lowest BCUT2D eigenvalue weighted by molar-refractivity contribution is 0.415. The zero-order valence-corrected chi connectivity index (χ0v) is 15.1. The van der Waals surface area contributed by atoms with E-state index in [1.165, 1.54) is 16.6 Å². The Balaban J connectivity index is 1.72. The van der Waals surface area contributed by atoms with E-state index in [4.69, 9.17) is 9.72 Å². The number of para-hydroxylation sites is 2. The van der Waals surface area contributed by atoms with Crippen LogP contribution < -0.4 is 4.74 Å². The zero-order chi connectivity index (χ0) is 17.9. The fourth-order valence-corrected chi connectivity index (χ4v) is 3.34. The van der Waals surface area contributed by atoms with Crippen molar-refractivity contribution in [2.24, 2.45) is 0 Å². The minimum atomic E-state index is 0.874. The first kappa shape index (κ1) is 16.4. The molecule has 0 saturated heterocycles. The van der Waals surface area contributed by atoms with Crippen LogP contribution in [0.2, 0.25) is 0 Å². The second-order valence-electron chi connectivity index (χ2n) is 6.38. The minimum Gasteiger partial charge on any atom is -0.497 e. The molecule has 0 N–H and O–H groups in total. The maximum Gasteiger partial charge on any atom is 0.141 e. The van der Waals surface area contributed by atoms with Gasteiger partial charge in [0.1, 0.15) is 11.6 Å². The number of fused-ring (bicyclic) bond motifs is 1. The summed E-state index contributed by atoms with van der Waals surface area (Å²) in [5.74, 6) is 1.91. The lowest BCUT2D eigenvalue weighted by Crippen LogP contribution is -1.99. The second-order valence-corrected chi connectivity index (χ2v) is 6.38. The molecule has 0 bridgehead atoms. The molecule has 1 aromatic heterocycles.